The summed E-state index contributed by atoms with van der Waals surface area (Å²) in [7, 11) is 0. The smallest absolute Gasteiger partial charge is 0.201 e. The van der Waals surface area contributed by atoms with E-state index < -0.39 is 24.0 Å². The number of hydrogen-bond acceptors (Lipinski definition) is 8. The highest BCUT2D eigenvalue weighted by Gasteiger charge is 2.69. The van der Waals surface area contributed by atoms with Gasteiger partial charge in [-0.1, -0.05) is 19.9 Å². The molecule has 5 fully saturated rings. The standard InChI is InChI=1S/C24H34O8/c1-14-8-9-17-15(2)21(28-13-5-12-27-19-7-4-6-18(25)20(19)26)29-22-24(17)16(14)10-11-23(3,30-22)31-32-24/h4,6-7,14-17,21-22,25-26H,5,8-13H2,1-3H3/t14-,15-,16+,17+,21+,22-,23-,24-/m1/s1. The number of phenols is 2. The summed E-state index contributed by atoms with van der Waals surface area (Å²) in [5.41, 5.74) is -0.580. The molecule has 8 nitrogen and oxygen atoms in total. The van der Waals surface area contributed by atoms with Crippen molar-refractivity contribution in [2.45, 2.75) is 76.8 Å². The lowest BCUT2D eigenvalue weighted by Gasteiger charge is -2.60. The van der Waals surface area contributed by atoms with Gasteiger partial charge in [-0.15, -0.1) is 0 Å². The van der Waals surface area contributed by atoms with E-state index in [0.29, 0.717) is 31.5 Å². The Morgan fingerprint density at radius 1 is 1.06 bits per heavy atom. The van der Waals surface area contributed by atoms with Crippen LogP contribution in [0.25, 0.3) is 0 Å². The minimum atomic E-state index is -0.792. The minimum Gasteiger partial charge on any atom is -0.504 e. The van der Waals surface area contributed by atoms with Crippen LogP contribution < -0.4 is 4.74 Å². The fraction of sp³-hybridized carbons (Fsp3) is 0.750. The molecule has 1 aliphatic carbocycles. The first-order valence-corrected chi connectivity index (χ1v) is 11.8. The molecular weight excluding hydrogens is 416 g/mol. The molecule has 6 rings (SSSR count). The van der Waals surface area contributed by atoms with Gasteiger partial charge in [-0.05, 0) is 50.2 Å². The summed E-state index contributed by atoms with van der Waals surface area (Å²) in [5.74, 6) is 0.241. The molecule has 1 aromatic carbocycles. The Morgan fingerprint density at radius 3 is 2.75 bits per heavy atom. The fourth-order valence-electron chi connectivity index (χ4n) is 6.13. The average molecular weight is 451 g/mol. The van der Waals surface area contributed by atoms with Crippen molar-refractivity contribution in [1.82, 2.24) is 0 Å². The van der Waals surface area contributed by atoms with E-state index in [9.17, 15) is 10.2 Å². The summed E-state index contributed by atoms with van der Waals surface area (Å²) in [5, 5.41) is 19.4. The van der Waals surface area contributed by atoms with Crippen LogP contribution in [0.3, 0.4) is 0 Å². The highest BCUT2D eigenvalue weighted by atomic mass is 17.3. The maximum atomic E-state index is 9.84. The molecule has 32 heavy (non-hydrogen) atoms. The van der Waals surface area contributed by atoms with E-state index in [4.69, 9.17) is 28.7 Å². The monoisotopic (exact) mass is 450 g/mol. The number of ether oxygens (including phenoxy) is 4. The molecule has 0 aromatic heterocycles. The summed E-state index contributed by atoms with van der Waals surface area (Å²) in [4.78, 5) is 12.0. The zero-order valence-electron chi connectivity index (χ0n) is 19.0. The van der Waals surface area contributed by atoms with Crippen LogP contribution in [0.1, 0.15) is 52.9 Å². The minimum absolute atomic E-state index is 0.131. The number of fused-ring (bicyclic) bond motifs is 2. The molecule has 0 unspecified atom stereocenters. The van der Waals surface area contributed by atoms with Gasteiger partial charge in [0.1, 0.15) is 0 Å². The largest absolute Gasteiger partial charge is 0.504 e. The van der Waals surface area contributed by atoms with Gasteiger partial charge >= 0.3 is 0 Å². The summed E-state index contributed by atoms with van der Waals surface area (Å²) in [6, 6.07) is 4.65. The third-order valence-electron chi connectivity index (χ3n) is 7.90. The van der Waals surface area contributed by atoms with Crippen LogP contribution in [0.2, 0.25) is 0 Å². The molecule has 0 radical (unpaired) electrons. The summed E-state index contributed by atoms with van der Waals surface area (Å²) >= 11 is 0. The first-order chi connectivity index (χ1) is 15.3. The van der Waals surface area contributed by atoms with Gasteiger partial charge < -0.3 is 29.2 Å². The first-order valence-electron chi connectivity index (χ1n) is 11.8. The fourth-order valence-corrected chi connectivity index (χ4v) is 6.13. The summed E-state index contributed by atoms with van der Waals surface area (Å²) < 4.78 is 24.4. The maximum absolute atomic E-state index is 9.84. The second kappa shape index (κ2) is 8.33. The number of para-hydroxylation sites is 1. The van der Waals surface area contributed by atoms with E-state index in [-0.39, 0.29) is 29.1 Å². The lowest BCUT2D eigenvalue weighted by molar-refractivity contribution is -0.577. The first kappa shape index (κ1) is 22.2. The molecule has 8 heteroatoms. The molecule has 5 aliphatic rings. The van der Waals surface area contributed by atoms with Crippen LogP contribution in [-0.4, -0.2) is 47.4 Å². The van der Waals surface area contributed by atoms with Gasteiger partial charge in [-0.3, -0.25) is 0 Å². The van der Waals surface area contributed by atoms with Crippen LogP contribution in [0.5, 0.6) is 17.2 Å². The molecule has 8 atom stereocenters. The second-order valence-corrected chi connectivity index (χ2v) is 9.97. The Bertz CT molecular complexity index is 832. The quantitative estimate of drug-likeness (QED) is 0.380. The Kier molecular flexibility index (Phi) is 5.78. The zero-order valence-corrected chi connectivity index (χ0v) is 19.0. The van der Waals surface area contributed by atoms with Gasteiger partial charge in [0.05, 0.1) is 13.2 Å². The molecule has 0 amide bonds. The number of aromatic hydroxyl groups is 2. The van der Waals surface area contributed by atoms with Crippen molar-refractivity contribution >= 4 is 0 Å². The molecule has 1 aromatic rings. The molecule has 2 N–H and O–H groups in total. The Balaban J connectivity index is 1.22. The molecule has 2 bridgehead atoms. The van der Waals surface area contributed by atoms with E-state index in [1.54, 1.807) is 12.1 Å². The van der Waals surface area contributed by atoms with Gasteiger partial charge in [0.25, 0.3) is 0 Å². The van der Waals surface area contributed by atoms with E-state index >= 15 is 0 Å². The average Bonchev–Trinajstić information content (AvgIpc) is 3.00. The number of rotatable bonds is 6. The zero-order chi connectivity index (χ0) is 22.5. The summed E-state index contributed by atoms with van der Waals surface area (Å²) in [6.07, 6.45) is 3.68. The topological polar surface area (TPSA) is 95.8 Å². The van der Waals surface area contributed by atoms with Crippen LogP contribution >= 0.6 is 0 Å². The highest BCUT2D eigenvalue weighted by molar-refractivity contribution is 5.48. The van der Waals surface area contributed by atoms with Crippen molar-refractivity contribution in [3.8, 4) is 17.2 Å². The Hall–Kier alpha value is -1.58. The predicted octanol–water partition coefficient (Wildman–Crippen LogP) is 4.09. The van der Waals surface area contributed by atoms with Crippen LogP contribution in [-0.2, 0) is 24.0 Å². The van der Waals surface area contributed by atoms with Crippen molar-refractivity contribution < 1.29 is 38.9 Å². The van der Waals surface area contributed by atoms with Gasteiger partial charge in [-0.2, -0.15) is 0 Å². The van der Waals surface area contributed by atoms with Crippen molar-refractivity contribution in [2.24, 2.45) is 23.7 Å². The number of phenolic OH excluding ortho intramolecular Hbond substituents is 2. The molecular formula is C24H34O8. The Morgan fingerprint density at radius 2 is 1.91 bits per heavy atom. The molecule has 1 saturated carbocycles. The Labute approximate surface area is 188 Å². The van der Waals surface area contributed by atoms with Crippen molar-refractivity contribution in [2.75, 3.05) is 13.2 Å². The second-order valence-electron chi connectivity index (χ2n) is 9.97. The van der Waals surface area contributed by atoms with Crippen molar-refractivity contribution in [3.63, 3.8) is 0 Å². The predicted molar refractivity (Wildman–Crippen MR) is 113 cm³/mol. The van der Waals surface area contributed by atoms with Gasteiger partial charge in [-0.25, -0.2) is 9.78 Å². The lowest BCUT2D eigenvalue weighted by Crippen LogP contribution is -2.70. The maximum Gasteiger partial charge on any atom is 0.201 e. The molecule has 4 heterocycles. The van der Waals surface area contributed by atoms with Gasteiger partial charge in [0.2, 0.25) is 11.5 Å². The van der Waals surface area contributed by atoms with Crippen molar-refractivity contribution in [3.05, 3.63) is 18.2 Å². The van der Waals surface area contributed by atoms with Crippen molar-refractivity contribution in [1.29, 1.82) is 0 Å². The van der Waals surface area contributed by atoms with Crippen LogP contribution in [0, 0.1) is 23.7 Å². The van der Waals surface area contributed by atoms with E-state index in [1.807, 2.05) is 6.92 Å². The third kappa shape index (κ3) is 3.56. The van der Waals surface area contributed by atoms with Gasteiger partial charge in [0.15, 0.2) is 29.7 Å². The molecule has 1 spiro atoms. The van der Waals surface area contributed by atoms with E-state index in [1.165, 1.54) is 6.07 Å². The highest BCUT2D eigenvalue weighted by Crippen LogP contribution is 2.60. The lowest BCUT2D eigenvalue weighted by atomic mass is 9.58. The summed E-state index contributed by atoms with van der Waals surface area (Å²) in [6.45, 7) is 7.17. The van der Waals surface area contributed by atoms with Crippen LogP contribution in [0.4, 0.5) is 0 Å². The van der Waals surface area contributed by atoms with Crippen LogP contribution in [0.15, 0.2) is 18.2 Å². The normalized spacial score (nSPS) is 42.8. The number of hydrogen-bond donors (Lipinski definition) is 2. The third-order valence-corrected chi connectivity index (χ3v) is 7.90. The molecule has 178 valence electrons. The number of benzene rings is 1. The van der Waals surface area contributed by atoms with E-state index in [2.05, 4.69) is 13.8 Å². The SMILES string of the molecule is C[C@H]1[C@@H](OCCCOc2cccc(O)c2O)O[C@@H]2O[C@@]3(C)CC[C@H]4[C@H](C)CC[C@@H]1[C@@]24OO3. The molecule has 4 saturated heterocycles. The van der Waals surface area contributed by atoms with Gasteiger partial charge in [0, 0.05) is 24.7 Å². The molecule has 4 aliphatic heterocycles. The van der Waals surface area contributed by atoms with E-state index in [0.717, 1.165) is 25.7 Å².